The summed E-state index contributed by atoms with van der Waals surface area (Å²) in [4.78, 5) is 2.59. The zero-order chi connectivity index (χ0) is 14.6. The molecular formula is C17H34N2O. The Kier molecular flexibility index (Phi) is 5.49. The Bertz CT molecular complexity index is 284. The number of nitrogens with one attached hydrogen (secondary N) is 1. The molecule has 1 aliphatic carbocycles. The molecule has 0 amide bonds. The van der Waals surface area contributed by atoms with Crippen LogP contribution in [0.4, 0.5) is 0 Å². The molecule has 2 rings (SSSR count). The van der Waals surface area contributed by atoms with Gasteiger partial charge in [0.05, 0.1) is 0 Å². The Morgan fingerprint density at radius 2 is 1.70 bits per heavy atom. The Labute approximate surface area is 125 Å². The molecule has 2 N–H and O–H groups in total. The van der Waals surface area contributed by atoms with Crippen molar-refractivity contribution in [2.45, 2.75) is 77.3 Å². The first-order chi connectivity index (χ1) is 9.45. The summed E-state index contributed by atoms with van der Waals surface area (Å²) in [5, 5.41) is 13.5. The summed E-state index contributed by atoms with van der Waals surface area (Å²) in [6.07, 6.45) is 8.85. The fourth-order valence-electron chi connectivity index (χ4n) is 3.81. The van der Waals surface area contributed by atoms with Crippen molar-refractivity contribution in [3.63, 3.8) is 0 Å². The largest absolute Gasteiger partial charge is 0.396 e. The highest BCUT2D eigenvalue weighted by atomic mass is 16.3. The van der Waals surface area contributed by atoms with E-state index in [1.165, 1.54) is 58.0 Å². The number of nitrogens with zero attached hydrogens (tertiary/aromatic N) is 1. The molecular weight excluding hydrogens is 248 g/mol. The normalized spacial score (nSPS) is 25.8. The van der Waals surface area contributed by atoms with Gasteiger partial charge in [0, 0.05) is 43.2 Å². The van der Waals surface area contributed by atoms with E-state index >= 15 is 0 Å². The standard InChI is InChI=1S/C17H34N2O/c1-16(2,3)19-11-7-15(8-12-19)18-13-17(14-20)9-5-4-6-10-17/h15,18,20H,4-14H2,1-3H3. The Hall–Kier alpha value is -0.120. The van der Waals surface area contributed by atoms with Crippen molar-refractivity contribution in [1.82, 2.24) is 10.2 Å². The van der Waals surface area contributed by atoms with Gasteiger partial charge in [0.2, 0.25) is 0 Å². The Morgan fingerprint density at radius 1 is 1.10 bits per heavy atom. The molecule has 0 aromatic rings. The molecule has 0 aromatic heterocycles. The van der Waals surface area contributed by atoms with Crippen molar-refractivity contribution < 1.29 is 5.11 Å². The molecule has 2 fully saturated rings. The van der Waals surface area contributed by atoms with Crippen molar-refractivity contribution in [2.75, 3.05) is 26.2 Å². The molecule has 1 saturated carbocycles. The van der Waals surface area contributed by atoms with Gasteiger partial charge in [0.25, 0.3) is 0 Å². The van der Waals surface area contributed by atoms with Gasteiger partial charge >= 0.3 is 0 Å². The molecule has 1 aliphatic heterocycles. The van der Waals surface area contributed by atoms with Crippen molar-refractivity contribution >= 4 is 0 Å². The molecule has 1 saturated heterocycles. The second-order valence-corrected chi connectivity index (χ2v) is 8.03. The second-order valence-electron chi connectivity index (χ2n) is 8.03. The highest BCUT2D eigenvalue weighted by molar-refractivity contribution is 4.88. The number of piperidine rings is 1. The molecule has 3 heteroatoms. The Balaban J connectivity index is 1.75. The van der Waals surface area contributed by atoms with Crippen LogP contribution in [0.15, 0.2) is 0 Å². The van der Waals surface area contributed by atoms with Crippen LogP contribution in [0.3, 0.4) is 0 Å². The fraction of sp³-hybridized carbons (Fsp3) is 1.00. The van der Waals surface area contributed by atoms with Crippen LogP contribution in [-0.4, -0.2) is 47.8 Å². The van der Waals surface area contributed by atoms with E-state index in [2.05, 4.69) is 31.0 Å². The minimum atomic E-state index is 0.180. The minimum absolute atomic E-state index is 0.180. The van der Waals surface area contributed by atoms with Crippen molar-refractivity contribution in [3.8, 4) is 0 Å². The van der Waals surface area contributed by atoms with E-state index in [9.17, 15) is 5.11 Å². The zero-order valence-corrected chi connectivity index (χ0v) is 13.7. The lowest BCUT2D eigenvalue weighted by atomic mass is 9.74. The van der Waals surface area contributed by atoms with Gasteiger partial charge in [-0.15, -0.1) is 0 Å². The van der Waals surface area contributed by atoms with Gasteiger partial charge in [-0.3, -0.25) is 4.90 Å². The van der Waals surface area contributed by atoms with Crippen LogP contribution in [0.1, 0.15) is 65.7 Å². The van der Waals surface area contributed by atoms with E-state index in [0.717, 1.165) is 6.54 Å². The number of aliphatic hydroxyl groups is 1. The lowest BCUT2D eigenvalue weighted by molar-refractivity contribution is 0.0645. The number of aliphatic hydroxyl groups excluding tert-OH is 1. The zero-order valence-electron chi connectivity index (χ0n) is 13.7. The van der Waals surface area contributed by atoms with E-state index in [-0.39, 0.29) is 5.41 Å². The van der Waals surface area contributed by atoms with Crippen molar-refractivity contribution in [1.29, 1.82) is 0 Å². The van der Waals surface area contributed by atoms with Gasteiger partial charge in [-0.25, -0.2) is 0 Å². The van der Waals surface area contributed by atoms with E-state index in [0.29, 0.717) is 18.2 Å². The van der Waals surface area contributed by atoms with Crippen molar-refractivity contribution in [3.05, 3.63) is 0 Å². The maximum atomic E-state index is 9.77. The number of rotatable bonds is 4. The molecule has 1 heterocycles. The molecule has 0 atom stereocenters. The lowest BCUT2D eigenvalue weighted by Crippen LogP contribution is -2.51. The van der Waals surface area contributed by atoms with Gasteiger partial charge in [-0.1, -0.05) is 19.3 Å². The molecule has 2 aliphatic rings. The average molecular weight is 282 g/mol. The predicted molar refractivity (Wildman–Crippen MR) is 85.0 cm³/mol. The monoisotopic (exact) mass is 282 g/mol. The Morgan fingerprint density at radius 3 is 2.20 bits per heavy atom. The molecule has 0 spiro atoms. The van der Waals surface area contributed by atoms with Crippen LogP contribution >= 0.6 is 0 Å². The van der Waals surface area contributed by atoms with Gasteiger partial charge in [-0.05, 0) is 46.5 Å². The molecule has 0 unspecified atom stereocenters. The lowest BCUT2D eigenvalue weighted by Gasteiger charge is -2.42. The first kappa shape index (κ1) is 16.3. The summed E-state index contributed by atoms with van der Waals surface area (Å²) in [5.74, 6) is 0. The summed E-state index contributed by atoms with van der Waals surface area (Å²) in [6.45, 7) is 10.7. The number of hydrogen-bond acceptors (Lipinski definition) is 3. The van der Waals surface area contributed by atoms with E-state index in [1.54, 1.807) is 0 Å². The molecule has 3 nitrogen and oxygen atoms in total. The van der Waals surface area contributed by atoms with Crippen molar-refractivity contribution in [2.24, 2.45) is 5.41 Å². The van der Waals surface area contributed by atoms with Crippen LogP contribution in [0, 0.1) is 5.41 Å². The predicted octanol–water partition coefficient (Wildman–Crippen LogP) is 2.78. The van der Waals surface area contributed by atoms with E-state index in [1.807, 2.05) is 0 Å². The maximum Gasteiger partial charge on any atom is 0.0499 e. The minimum Gasteiger partial charge on any atom is -0.396 e. The number of likely N-dealkylation sites (tertiary alicyclic amines) is 1. The van der Waals surface area contributed by atoms with Crippen LogP contribution in [0.5, 0.6) is 0 Å². The fourth-order valence-corrected chi connectivity index (χ4v) is 3.81. The highest BCUT2D eigenvalue weighted by Crippen LogP contribution is 2.35. The summed E-state index contributed by atoms with van der Waals surface area (Å²) >= 11 is 0. The van der Waals surface area contributed by atoms with Crippen LogP contribution in [0.25, 0.3) is 0 Å². The van der Waals surface area contributed by atoms with Gasteiger partial charge < -0.3 is 10.4 Å². The average Bonchev–Trinajstić information content (AvgIpc) is 2.46. The topological polar surface area (TPSA) is 35.5 Å². The third-order valence-electron chi connectivity index (χ3n) is 5.46. The molecule has 0 aromatic carbocycles. The first-order valence-corrected chi connectivity index (χ1v) is 8.55. The van der Waals surface area contributed by atoms with Crippen LogP contribution in [-0.2, 0) is 0 Å². The summed E-state index contributed by atoms with van der Waals surface area (Å²) in [5.41, 5.74) is 0.486. The molecule has 118 valence electrons. The number of hydrogen-bond donors (Lipinski definition) is 2. The maximum absolute atomic E-state index is 9.77. The van der Waals surface area contributed by atoms with Crippen LogP contribution < -0.4 is 5.32 Å². The van der Waals surface area contributed by atoms with Crippen LogP contribution in [0.2, 0.25) is 0 Å². The summed E-state index contributed by atoms with van der Waals surface area (Å²) in [7, 11) is 0. The summed E-state index contributed by atoms with van der Waals surface area (Å²) < 4.78 is 0. The van der Waals surface area contributed by atoms with Gasteiger partial charge in [-0.2, -0.15) is 0 Å². The highest BCUT2D eigenvalue weighted by Gasteiger charge is 2.33. The quantitative estimate of drug-likeness (QED) is 0.832. The molecule has 20 heavy (non-hydrogen) atoms. The summed E-state index contributed by atoms with van der Waals surface area (Å²) in [6, 6.07) is 0.652. The van der Waals surface area contributed by atoms with E-state index in [4.69, 9.17) is 0 Å². The molecule has 0 radical (unpaired) electrons. The second kappa shape index (κ2) is 6.76. The third kappa shape index (κ3) is 4.19. The third-order valence-corrected chi connectivity index (χ3v) is 5.46. The first-order valence-electron chi connectivity index (χ1n) is 8.55. The molecule has 0 bridgehead atoms. The van der Waals surface area contributed by atoms with E-state index < -0.39 is 0 Å². The van der Waals surface area contributed by atoms with Gasteiger partial charge in [0.1, 0.15) is 0 Å². The van der Waals surface area contributed by atoms with Gasteiger partial charge in [0.15, 0.2) is 0 Å². The SMILES string of the molecule is CC(C)(C)N1CCC(NCC2(CO)CCCCC2)CC1. The smallest absolute Gasteiger partial charge is 0.0499 e.